The molecule has 0 saturated heterocycles. The van der Waals surface area contributed by atoms with Crippen molar-refractivity contribution in [3.05, 3.63) is 42.0 Å². The van der Waals surface area contributed by atoms with E-state index in [1.807, 2.05) is 6.07 Å². The summed E-state index contributed by atoms with van der Waals surface area (Å²) in [5, 5.41) is 13.1. The summed E-state index contributed by atoms with van der Waals surface area (Å²) in [6.07, 6.45) is 3.07. The highest BCUT2D eigenvalue weighted by Gasteiger charge is 2.17. The van der Waals surface area contributed by atoms with Crippen LogP contribution in [0.5, 0.6) is 0 Å². The molecular formula is C16H16FN3O2. The van der Waals surface area contributed by atoms with E-state index >= 15 is 0 Å². The molecule has 1 heterocycles. The lowest BCUT2D eigenvalue weighted by Gasteiger charge is -2.19. The molecule has 2 rings (SSSR count). The van der Waals surface area contributed by atoms with Crippen molar-refractivity contribution in [1.82, 2.24) is 9.78 Å². The number of carbonyl (C=O) groups is 1. The number of ether oxygens (including phenoxy) is 1. The molecule has 0 fully saturated rings. The van der Waals surface area contributed by atoms with Crippen LogP contribution in [0.25, 0.3) is 11.1 Å². The van der Waals surface area contributed by atoms with Gasteiger partial charge >= 0.3 is 5.97 Å². The van der Waals surface area contributed by atoms with Crippen LogP contribution in [0.2, 0.25) is 0 Å². The third-order valence-electron chi connectivity index (χ3n) is 2.76. The zero-order valence-corrected chi connectivity index (χ0v) is 12.6. The number of rotatable bonds is 3. The van der Waals surface area contributed by atoms with Gasteiger partial charge in [0, 0.05) is 17.3 Å². The van der Waals surface area contributed by atoms with Crippen LogP contribution in [0.1, 0.15) is 26.3 Å². The molecule has 0 amide bonds. The van der Waals surface area contributed by atoms with E-state index in [1.165, 1.54) is 29.1 Å². The molecule has 0 bridgehead atoms. The molecule has 0 aliphatic heterocycles. The second-order valence-corrected chi connectivity index (χ2v) is 5.81. The summed E-state index contributed by atoms with van der Waals surface area (Å²) >= 11 is 0. The minimum Gasteiger partial charge on any atom is -0.459 e. The maximum atomic E-state index is 13.4. The van der Waals surface area contributed by atoms with E-state index in [2.05, 4.69) is 5.10 Å². The Morgan fingerprint density at radius 2 is 2.18 bits per heavy atom. The molecular weight excluding hydrogens is 285 g/mol. The van der Waals surface area contributed by atoms with E-state index in [9.17, 15) is 9.18 Å². The molecule has 0 aliphatic carbocycles. The highest BCUT2D eigenvalue weighted by molar-refractivity contribution is 5.71. The summed E-state index contributed by atoms with van der Waals surface area (Å²) in [4.78, 5) is 11.8. The summed E-state index contributed by atoms with van der Waals surface area (Å²) in [6, 6.07) is 5.92. The number of nitrogens with zero attached hydrogens (tertiary/aromatic N) is 3. The van der Waals surface area contributed by atoms with Crippen LogP contribution in [0.4, 0.5) is 4.39 Å². The Labute approximate surface area is 127 Å². The highest BCUT2D eigenvalue weighted by Crippen LogP contribution is 2.24. The Bertz CT molecular complexity index is 739. The number of nitriles is 1. The first-order chi connectivity index (χ1) is 10.3. The van der Waals surface area contributed by atoms with Crippen molar-refractivity contribution in [2.75, 3.05) is 0 Å². The highest BCUT2D eigenvalue weighted by atomic mass is 19.1. The Balaban J connectivity index is 2.21. The van der Waals surface area contributed by atoms with E-state index in [0.717, 1.165) is 0 Å². The number of halogens is 1. The Morgan fingerprint density at radius 3 is 2.82 bits per heavy atom. The van der Waals surface area contributed by atoms with Crippen molar-refractivity contribution in [3.8, 4) is 17.2 Å². The lowest BCUT2D eigenvalue weighted by atomic mass is 10.0. The molecule has 1 aromatic carbocycles. The standard InChI is InChI=1S/C16H16FN3O2/c1-16(2,3)22-15(21)10-20-9-12(8-19-20)14-6-13(17)5-4-11(14)7-18/h4-6,8-9H,10H2,1-3H3. The summed E-state index contributed by atoms with van der Waals surface area (Å²) in [7, 11) is 0. The van der Waals surface area contributed by atoms with Crippen molar-refractivity contribution in [2.24, 2.45) is 0 Å². The first-order valence-corrected chi connectivity index (χ1v) is 6.73. The van der Waals surface area contributed by atoms with E-state index in [1.54, 1.807) is 27.0 Å². The van der Waals surface area contributed by atoms with Gasteiger partial charge in [-0.15, -0.1) is 0 Å². The summed E-state index contributed by atoms with van der Waals surface area (Å²) < 4.78 is 20.0. The minimum absolute atomic E-state index is 0.0472. The SMILES string of the molecule is CC(C)(C)OC(=O)Cn1cc(-c2cc(F)ccc2C#N)cn1. The van der Waals surface area contributed by atoms with Gasteiger partial charge in [-0.25, -0.2) is 4.39 Å². The Kier molecular flexibility index (Phi) is 4.27. The number of carbonyl (C=O) groups excluding carboxylic acids is 1. The van der Waals surface area contributed by atoms with Crippen molar-refractivity contribution in [3.63, 3.8) is 0 Å². The van der Waals surface area contributed by atoms with Gasteiger partial charge in [-0.05, 0) is 39.0 Å². The van der Waals surface area contributed by atoms with Gasteiger partial charge in [0.05, 0.1) is 17.8 Å². The third-order valence-corrected chi connectivity index (χ3v) is 2.76. The lowest BCUT2D eigenvalue weighted by molar-refractivity contribution is -0.155. The van der Waals surface area contributed by atoms with Gasteiger partial charge in [0.2, 0.25) is 0 Å². The van der Waals surface area contributed by atoms with Gasteiger partial charge < -0.3 is 4.74 Å². The van der Waals surface area contributed by atoms with Crippen LogP contribution in [0.15, 0.2) is 30.6 Å². The van der Waals surface area contributed by atoms with E-state index in [4.69, 9.17) is 10.00 Å². The Hall–Kier alpha value is -2.68. The molecule has 6 heteroatoms. The molecule has 2 aromatic rings. The van der Waals surface area contributed by atoms with Crippen LogP contribution in [0, 0.1) is 17.1 Å². The molecule has 114 valence electrons. The number of aromatic nitrogens is 2. The molecule has 0 N–H and O–H groups in total. The fourth-order valence-electron chi connectivity index (χ4n) is 1.95. The monoisotopic (exact) mass is 301 g/mol. The van der Waals surface area contributed by atoms with Gasteiger partial charge in [0.15, 0.2) is 0 Å². The summed E-state index contributed by atoms with van der Waals surface area (Å²) in [6.45, 7) is 5.30. The van der Waals surface area contributed by atoms with Crippen molar-refractivity contribution < 1.29 is 13.9 Å². The van der Waals surface area contributed by atoms with Crippen molar-refractivity contribution in [1.29, 1.82) is 5.26 Å². The largest absolute Gasteiger partial charge is 0.459 e. The molecule has 5 nitrogen and oxygen atoms in total. The molecule has 0 radical (unpaired) electrons. The van der Waals surface area contributed by atoms with Crippen LogP contribution < -0.4 is 0 Å². The van der Waals surface area contributed by atoms with Gasteiger partial charge in [-0.2, -0.15) is 10.4 Å². The average molecular weight is 301 g/mol. The molecule has 0 atom stereocenters. The second-order valence-electron chi connectivity index (χ2n) is 5.81. The lowest BCUT2D eigenvalue weighted by Crippen LogP contribution is -2.26. The maximum Gasteiger partial charge on any atom is 0.328 e. The zero-order chi connectivity index (χ0) is 16.3. The van der Waals surface area contributed by atoms with Gasteiger partial charge in [-0.1, -0.05) is 0 Å². The molecule has 0 aliphatic rings. The van der Waals surface area contributed by atoms with E-state index < -0.39 is 17.4 Å². The van der Waals surface area contributed by atoms with Crippen LogP contribution in [0.3, 0.4) is 0 Å². The fraction of sp³-hybridized carbons (Fsp3) is 0.312. The van der Waals surface area contributed by atoms with Crippen molar-refractivity contribution >= 4 is 5.97 Å². The number of esters is 1. The molecule has 0 unspecified atom stereocenters. The van der Waals surface area contributed by atoms with Crippen molar-refractivity contribution in [2.45, 2.75) is 32.9 Å². The summed E-state index contributed by atoms with van der Waals surface area (Å²) in [5.74, 6) is -0.851. The molecule has 0 saturated carbocycles. The quantitative estimate of drug-likeness (QED) is 0.817. The molecule has 0 spiro atoms. The fourth-order valence-corrected chi connectivity index (χ4v) is 1.95. The van der Waals surface area contributed by atoms with E-state index in [0.29, 0.717) is 16.7 Å². The van der Waals surface area contributed by atoms with Gasteiger partial charge in [0.1, 0.15) is 18.0 Å². The molecule has 1 aromatic heterocycles. The first-order valence-electron chi connectivity index (χ1n) is 6.73. The third kappa shape index (κ3) is 3.92. The summed E-state index contributed by atoms with van der Waals surface area (Å²) in [5.41, 5.74) is 0.791. The minimum atomic E-state index is -0.566. The average Bonchev–Trinajstić information content (AvgIpc) is 2.84. The smallest absolute Gasteiger partial charge is 0.328 e. The number of hydrogen-bond donors (Lipinski definition) is 0. The van der Waals surface area contributed by atoms with Gasteiger partial charge in [0.25, 0.3) is 0 Å². The second kappa shape index (κ2) is 5.98. The van der Waals surface area contributed by atoms with Crippen LogP contribution in [-0.2, 0) is 16.1 Å². The van der Waals surface area contributed by atoms with Crippen LogP contribution in [-0.4, -0.2) is 21.4 Å². The number of benzene rings is 1. The predicted molar refractivity (Wildman–Crippen MR) is 78.2 cm³/mol. The topological polar surface area (TPSA) is 67.9 Å². The van der Waals surface area contributed by atoms with Crippen LogP contribution >= 0.6 is 0 Å². The predicted octanol–water partition coefficient (Wildman–Crippen LogP) is 2.90. The maximum absolute atomic E-state index is 13.4. The first kappa shape index (κ1) is 15.7. The zero-order valence-electron chi connectivity index (χ0n) is 12.6. The number of hydrogen-bond acceptors (Lipinski definition) is 4. The normalized spacial score (nSPS) is 11.0. The van der Waals surface area contributed by atoms with E-state index in [-0.39, 0.29) is 6.54 Å². The molecule has 22 heavy (non-hydrogen) atoms. The Morgan fingerprint density at radius 1 is 1.45 bits per heavy atom. The van der Waals surface area contributed by atoms with Gasteiger partial charge in [-0.3, -0.25) is 9.48 Å².